The van der Waals surface area contributed by atoms with Crippen molar-refractivity contribution in [2.45, 2.75) is 42.4 Å². The number of hydrogen-bond acceptors (Lipinski definition) is 7. The highest BCUT2D eigenvalue weighted by atomic mass is 35.5. The number of carbonyl (C=O) groups excluding carboxylic acids is 4. The largest absolute Gasteiger partial charge is 0.507 e. The third-order valence-electron chi connectivity index (χ3n) is 11.8. The normalized spacial score (nSPS) is 27.0. The Hall–Kier alpha value is -5.45. The van der Waals surface area contributed by atoms with Gasteiger partial charge in [-0.25, -0.2) is 9.29 Å². The van der Waals surface area contributed by atoms with E-state index in [1.54, 1.807) is 70.5 Å². The fraction of sp³-hybridized carbons (Fsp3) is 0.273. The molecule has 4 aromatic rings. The van der Waals surface area contributed by atoms with Crippen molar-refractivity contribution in [2.24, 2.45) is 17.8 Å². The number of phenols is 1. The number of anilines is 2. The van der Waals surface area contributed by atoms with Crippen LogP contribution >= 0.6 is 23.2 Å². The zero-order valence-electron chi connectivity index (χ0n) is 30.9. The fourth-order valence-corrected chi connectivity index (χ4v) is 10.0. The monoisotopic (exact) mass is 794 g/mol. The lowest BCUT2D eigenvalue weighted by Gasteiger charge is -2.50. The number of hydrogen-bond donors (Lipinski definition) is 1. The summed E-state index contributed by atoms with van der Waals surface area (Å²) in [6, 6.07) is 20.8. The highest BCUT2D eigenvalue weighted by molar-refractivity contribution is 6.58. The highest BCUT2D eigenvalue weighted by Crippen LogP contribution is 2.66. The zero-order chi connectivity index (χ0) is 39.8. The number of aromatic hydroxyl groups is 1. The molecule has 12 heteroatoms. The number of benzene rings is 4. The number of allylic oxidation sites excluding steroid dienone is 2. The molecule has 0 spiro atoms. The van der Waals surface area contributed by atoms with Gasteiger partial charge in [-0.05, 0) is 109 Å². The van der Waals surface area contributed by atoms with Crippen LogP contribution in [0.2, 0.25) is 0 Å². The number of amides is 4. The van der Waals surface area contributed by atoms with Gasteiger partial charge in [-0.1, -0.05) is 48.1 Å². The second-order valence-electron chi connectivity index (χ2n) is 14.8. The van der Waals surface area contributed by atoms with Gasteiger partial charge in [0.1, 0.15) is 23.1 Å². The van der Waals surface area contributed by atoms with Crippen LogP contribution in [-0.2, 0) is 19.2 Å². The van der Waals surface area contributed by atoms with E-state index in [-0.39, 0.29) is 30.2 Å². The number of fused-ring (bicyclic) bond motifs is 4. The molecular weight excluding hydrogens is 758 g/mol. The van der Waals surface area contributed by atoms with E-state index >= 15 is 0 Å². The van der Waals surface area contributed by atoms with Gasteiger partial charge in [0.15, 0.2) is 9.75 Å². The number of halogens is 3. The van der Waals surface area contributed by atoms with Crippen LogP contribution in [0.3, 0.4) is 0 Å². The summed E-state index contributed by atoms with van der Waals surface area (Å²) in [5, 5.41) is 10.7. The maximum absolute atomic E-state index is 14.6. The molecular formula is C44H37Cl2FN2O7. The van der Waals surface area contributed by atoms with E-state index in [0.717, 1.165) is 28.2 Å². The average molecular weight is 796 g/mol. The molecule has 2 heterocycles. The second-order valence-corrected chi connectivity index (χ2v) is 16.0. The third kappa shape index (κ3) is 5.48. The van der Waals surface area contributed by atoms with Gasteiger partial charge in [0.2, 0.25) is 11.8 Å². The van der Waals surface area contributed by atoms with Crippen molar-refractivity contribution in [1.82, 2.24) is 0 Å². The Morgan fingerprint density at radius 1 is 0.786 bits per heavy atom. The van der Waals surface area contributed by atoms with Crippen LogP contribution in [0, 0.1) is 37.4 Å². The van der Waals surface area contributed by atoms with E-state index in [4.69, 9.17) is 32.7 Å². The van der Waals surface area contributed by atoms with Crippen molar-refractivity contribution in [2.75, 3.05) is 24.0 Å². The van der Waals surface area contributed by atoms with Gasteiger partial charge in [0.05, 0.1) is 37.4 Å². The molecule has 1 saturated carbocycles. The number of phenolic OH excluding ortho intramolecular Hbond substituents is 1. The van der Waals surface area contributed by atoms with Gasteiger partial charge in [-0.15, -0.1) is 23.2 Å². The molecule has 9 nitrogen and oxygen atoms in total. The van der Waals surface area contributed by atoms with Gasteiger partial charge < -0.3 is 14.6 Å². The molecule has 6 atom stereocenters. The minimum absolute atomic E-state index is 0.0649. The van der Waals surface area contributed by atoms with Gasteiger partial charge >= 0.3 is 0 Å². The molecule has 8 rings (SSSR count). The van der Waals surface area contributed by atoms with Crippen molar-refractivity contribution in [1.29, 1.82) is 0 Å². The van der Waals surface area contributed by atoms with E-state index in [2.05, 4.69) is 0 Å². The first-order valence-corrected chi connectivity index (χ1v) is 18.9. The van der Waals surface area contributed by atoms with E-state index in [9.17, 15) is 28.7 Å². The van der Waals surface area contributed by atoms with Crippen LogP contribution in [0.15, 0.2) is 90.5 Å². The maximum Gasteiger partial charge on any atom is 0.258 e. The number of alkyl halides is 2. The number of ether oxygens (including phenoxy) is 2. The van der Waals surface area contributed by atoms with E-state index < -0.39 is 57.0 Å². The average Bonchev–Trinajstić information content (AvgIpc) is 3.53. The van der Waals surface area contributed by atoms with Crippen LogP contribution in [-0.4, -0.2) is 52.7 Å². The van der Waals surface area contributed by atoms with Crippen LogP contribution in [0.5, 0.6) is 17.2 Å². The van der Waals surface area contributed by atoms with E-state index in [1.165, 1.54) is 17.0 Å². The Kier molecular flexibility index (Phi) is 9.12. The summed E-state index contributed by atoms with van der Waals surface area (Å²) < 4.78 is 24.8. The SMILES string of the molecule is COc1ccc(OC)c(C=Cc2ccc(N3C(=O)C4CC=C5C(CC6(Cl)C(=O)N(c7ccc(F)cc7)C(=O)C6(Cl)C5c5cc(C)c(O)c(C)c5)C4C3=O)cc2)c1. The number of carbonyl (C=O) groups is 4. The molecule has 56 heavy (non-hydrogen) atoms. The lowest BCUT2D eigenvalue weighted by molar-refractivity contribution is -0.125. The van der Waals surface area contributed by atoms with Gasteiger partial charge in [0, 0.05) is 11.5 Å². The number of nitrogens with zero attached hydrogens (tertiary/aromatic N) is 2. The van der Waals surface area contributed by atoms with Crippen molar-refractivity contribution in [3.63, 3.8) is 0 Å². The van der Waals surface area contributed by atoms with Gasteiger partial charge in [-0.3, -0.25) is 24.1 Å². The molecule has 2 aliphatic carbocycles. The molecule has 4 amide bonds. The lowest BCUT2D eigenvalue weighted by atomic mass is 9.56. The highest BCUT2D eigenvalue weighted by Gasteiger charge is 2.76. The zero-order valence-corrected chi connectivity index (χ0v) is 32.4. The summed E-state index contributed by atoms with van der Waals surface area (Å²) >= 11 is 15.0. The van der Waals surface area contributed by atoms with Crippen molar-refractivity contribution in [3.05, 3.63) is 124 Å². The van der Waals surface area contributed by atoms with Crippen molar-refractivity contribution < 1.29 is 38.1 Å². The molecule has 1 N–H and O–H groups in total. The lowest BCUT2D eigenvalue weighted by Crippen LogP contribution is -2.60. The topological polar surface area (TPSA) is 113 Å². The quantitative estimate of drug-likeness (QED) is 0.0871. The molecule has 4 aromatic carbocycles. The first kappa shape index (κ1) is 37.5. The fourth-order valence-electron chi connectivity index (χ4n) is 9.07. The van der Waals surface area contributed by atoms with Gasteiger partial charge in [-0.2, -0.15) is 0 Å². The molecule has 0 bridgehead atoms. The summed E-state index contributed by atoms with van der Waals surface area (Å²) in [4.78, 5) is 55.9. The van der Waals surface area contributed by atoms with E-state index in [0.29, 0.717) is 39.4 Å². The van der Waals surface area contributed by atoms with Crippen LogP contribution in [0.4, 0.5) is 15.8 Å². The molecule has 2 saturated heterocycles. The van der Waals surface area contributed by atoms with E-state index in [1.807, 2.05) is 30.4 Å². The standard InChI is InChI=1S/C44H37Cl2FN2O7/c1-23-19-27(20-24(2)38(23)50)37-32-16-17-33-36(34(32)22-43(45)41(53)49(42(54)44(37,43)46)30-13-9-28(47)10-14-30)40(52)48(39(33)51)29-11-6-25(7-12-29)5-8-26-21-31(55-3)15-18-35(26)56-4/h5-16,18-21,33-34,36-37,50H,17,22H2,1-4H3. The first-order chi connectivity index (χ1) is 26.7. The Morgan fingerprint density at radius 3 is 2.07 bits per heavy atom. The van der Waals surface area contributed by atoms with Crippen molar-refractivity contribution in [3.8, 4) is 17.2 Å². The molecule has 0 aromatic heterocycles. The summed E-state index contributed by atoms with van der Waals surface area (Å²) in [7, 11) is 3.17. The third-order valence-corrected chi connectivity index (χ3v) is 13.2. The number of methoxy groups -OCH3 is 2. The van der Waals surface area contributed by atoms with Crippen molar-refractivity contribution >= 4 is 70.4 Å². The van der Waals surface area contributed by atoms with Crippen LogP contribution in [0.1, 0.15) is 46.6 Å². The van der Waals surface area contributed by atoms with Crippen LogP contribution < -0.4 is 19.3 Å². The number of aryl methyl sites for hydroxylation is 2. The smallest absolute Gasteiger partial charge is 0.258 e. The molecule has 286 valence electrons. The Bertz CT molecular complexity index is 2370. The Labute approximate surface area is 332 Å². The molecule has 3 fully saturated rings. The summed E-state index contributed by atoms with van der Waals surface area (Å²) in [6.07, 6.45) is 5.62. The predicted molar refractivity (Wildman–Crippen MR) is 212 cm³/mol. The molecule has 0 radical (unpaired) electrons. The molecule has 6 unspecified atom stereocenters. The second kappa shape index (κ2) is 13.6. The van der Waals surface area contributed by atoms with Gasteiger partial charge in [0.25, 0.3) is 11.8 Å². The first-order valence-electron chi connectivity index (χ1n) is 18.1. The minimum atomic E-state index is -2.07. The maximum atomic E-state index is 14.6. The predicted octanol–water partition coefficient (Wildman–Crippen LogP) is 8.10. The Balaban J connectivity index is 1.17. The number of rotatable bonds is 7. The molecule has 2 aliphatic heterocycles. The minimum Gasteiger partial charge on any atom is -0.507 e. The Morgan fingerprint density at radius 2 is 1.43 bits per heavy atom. The summed E-state index contributed by atoms with van der Waals surface area (Å²) in [5.74, 6) is -4.96. The summed E-state index contributed by atoms with van der Waals surface area (Å²) in [5.41, 5.74) is 4.29. The number of imide groups is 2. The summed E-state index contributed by atoms with van der Waals surface area (Å²) in [6.45, 7) is 3.43. The molecule has 4 aliphatic rings. The van der Waals surface area contributed by atoms with Crippen LogP contribution in [0.25, 0.3) is 12.2 Å².